The Balaban J connectivity index is 2.75. The van der Waals surface area contributed by atoms with Gasteiger partial charge in [-0.2, -0.15) is 4.98 Å². The van der Waals surface area contributed by atoms with Gasteiger partial charge in [-0.3, -0.25) is 0 Å². The van der Waals surface area contributed by atoms with Gasteiger partial charge in [-0.15, -0.1) is 0 Å². The van der Waals surface area contributed by atoms with Crippen LogP contribution in [-0.4, -0.2) is 35.6 Å². The third kappa shape index (κ3) is 3.67. The zero-order valence-electron chi connectivity index (χ0n) is 9.21. The normalized spacial score (nSPS) is 10.5. The van der Waals surface area contributed by atoms with E-state index >= 15 is 0 Å². The smallest absolute Gasteiger partial charge is 0.224 e. The van der Waals surface area contributed by atoms with E-state index in [1.165, 1.54) is 0 Å². The molecule has 0 unspecified atom stereocenters. The van der Waals surface area contributed by atoms with Crippen LogP contribution in [0.5, 0.6) is 0 Å². The van der Waals surface area contributed by atoms with E-state index in [1.54, 1.807) is 19.1 Å². The molecule has 0 bridgehead atoms. The average Bonchev–Trinajstić information content (AvgIpc) is 2.18. The third-order valence-corrected chi connectivity index (χ3v) is 1.61. The van der Waals surface area contributed by atoms with E-state index in [0.717, 1.165) is 19.2 Å². The quantitative estimate of drug-likeness (QED) is 0.723. The lowest BCUT2D eigenvalue weighted by molar-refractivity contribution is 0.482. The van der Waals surface area contributed by atoms with Crippen molar-refractivity contribution >= 4 is 11.8 Å². The first-order valence-electron chi connectivity index (χ1n) is 4.84. The highest BCUT2D eigenvalue weighted by molar-refractivity contribution is 5.40. The van der Waals surface area contributed by atoms with Crippen LogP contribution in [0, 0.1) is 5.82 Å². The maximum absolute atomic E-state index is 13.2. The first-order chi connectivity index (χ1) is 7.13. The van der Waals surface area contributed by atoms with Crippen LogP contribution in [-0.2, 0) is 0 Å². The highest BCUT2D eigenvalue weighted by atomic mass is 19.1. The van der Waals surface area contributed by atoms with Crippen molar-refractivity contribution in [2.75, 3.05) is 31.4 Å². The molecule has 0 fully saturated rings. The standard InChI is InChI=1S/C9H16FN5/c1-4-5-11-9-12-6-7(10)8(13-9)14-15(2)3/h6H,4-5H2,1-3H3,(H2,11,12,13,14). The molecular formula is C9H16FN5. The molecule has 0 saturated carbocycles. The predicted molar refractivity (Wildman–Crippen MR) is 58.1 cm³/mol. The van der Waals surface area contributed by atoms with Crippen LogP contribution < -0.4 is 10.7 Å². The molecule has 0 spiro atoms. The molecule has 0 atom stereocenters. The van der Waals surface area contributed by atoms with Crippen molar-refractivity contribution in [2.45, 2.75) is 13.3 Å². The van der Waals surface area contributed by atoms with Gasteiger partial charge in [0.15, 0.2) is 11.6 Å². The van der Waals surface area contributed by atoms with Gasteiger partial charge < -0.3 is 10.7 Å². The van der Waals surface area contributed by atoms with Crippen molar-refractivity contribution < 1.29 is 4.39 Å². The van der Waals surface area contributed by atoms with E-state index in [-0.39, 0.29) is 5.82 Å². The van der Waals surface area contributed by atoms with Gasteiger partial charge >= 0.3 is 0 Å². The minimum absolute atomic E-state index is 0.175. The summed E-state index contributed by atoms with van der Waals surface area (Å²) in [5.41, 5.74) is 2.76. The largest absolute Gasteiger partial charge is 0.354 e. The Hall–Kier alpha value is -1.43. The van der Waals surface area contributed by atoms with Crippen molar-refractivity contribution in [3.63, 3.8) is 0 Å². The zero-order chi connectivity index (χ0) is 11.3. The SMILES string of the molecule is CCCNc1ncc(F)c(NN(C)C)n1. The molecule has 1 heterocycles. The summed E-state index contributed by atoms with van der Waals surface area (Å²) in [6.45, 7) is 2.81. The molecule has 0 aromatic carbocycles. The predicted octanol–water partition coefficient (Wildman–Crippen LogP) is 1.33. The van der Waals surface area contributed by atoms with E-state index < -0.39 is 5.82 Å². The second-order valence-electron chi connectivity index (χ2n) is 3.32. The summed E-state index contributed by atoms with van der Waals surface area (Å²) in [7, 11) is 3.53. The number of hydrogen-bond donors (Lipinski definition) is 2. The van der Waals surface area contributed by atoms with Gasteiger partial charge in [-0.1, -0.05) is 6.92 Å². The molecule has 0 aliphatic rings. The Morgan fingerprint density at radius 2 is 2.20 bits per heavy atom. The molecule has 15 heavy (non-hydrogen) atoms. The van der Waals surface area contributed by atoms with Crippen LogP contribution >= 0.6 is 0 Å². The first kappa shape index (κ1) is 11.6. The van der Waals surface area contributed by atoms with Crippen molar-refractivity contribution in [1.29, 1.82) is 0 Å². The molecule has 6 heteroatoms. The first-order valence-corrected chi connectivity index (χ1v) is 4.84. The van der Waals surface area contributed by atoms with Gasteiger partial charge in [-0.25, -0.2) is 14.4 Å². The number of aromatic nitrogens is 2. The summed E-state index contributed by atoms with van der Waals surface area (Å²) in [6, 6.07) is 0. The number of rotatable bonds is 5. The topological polar surface area (TPSA) is 53.1 Å². The van der Waals surface area contributed by atoms with Crippen LogP contribution in [0.15, 0.2) is 6.20 Å². The monoisotopic (exact) mass is 213 g/mol. The lowest BCUT2D eigenvalue weighted by atomic mass is 10.5. The van der Waals surface area contributed by atoms with Crippen molar-refractivity contribution in [3.8, 4) is 0 Å². The Morgan fingerprint density at radius 3 is 2.80 bits per heavy atom. The van der Waals surface area contributed by atoms with E-state index in [2.05, 4.69) is 20.7 Å². The summed E-state index contributed by atoms with van der Waals surface area (Å²) in [5, 5.41) is 4.61. The second-order valence-corrected chi connectivity index (χ2v) is 3.32. The fourth-order valence-electron chi connectivity index (χ4n) is 0.979. The minimum Gasteiger partial charge on any atom is -0.354 e. The van der Waals surface area contributed by atoms with Crippen molar-refractivity contribution in [3.05, 3.63) is 12.0 Å². The van der Waals surface area contributed by atoms with Gasteiger partial charge in [-0.05, 0) is 6.42 Å². The molecule has 1 rings (SSSR count). The summed E-state index contributed by atoms with van der Waals surface area (Å²) in [5.74, 6) is 0.141. The molecule has 0 aliphatic heterocycles. The number of hydrogen-bond acceptors (Lipinski definition) is 5. The summed E-state index contributed by atoms with van der Waals surface area (Å²) in [4.78, 5) is 7.83. The summed E-state index contributed by atoms with van der Waals surface area (Å²) in [6.07, 6.45) is 2.12. The van der Waals surface area contributed by atoms with Crippen LogP contribution in [0.4, 0.5) is 16.2 Å². The van der Waals surface area contributed by atoms with Gasteiger partial charge in [0.2, 0.25) is 5.95 Å². The van der Waals surface area contributed by atoms with E-state index in [9.17, 15) is 4.39 Å². The second kappa shape index (κ2) is 5.45. The van der Waals surface area contributed by atoms with Crippen molar-refractivity contribution in [1.82, 2.24) is 15.0 Å². The molecule has 1 aromatic rings. The average molecular weight is 213 g/mol. The lowest BCUT2D eigenvalue weighted by Crippen LogP contribution is -2.22. The third-order valence-electron chi connectivity index (χ3n) is 1.61. The molecule has 1 aromatic heterocycles. The number of nitrogens with one attached hydrogen (secondary N) is 2. The maximum Gasteiger partial charge on any atom is 0.224 e. The number of halogens is 1. The lowest BCUT2D eigenvalue weighted by Gasteiger charge is -2.13. The van der Waals surface area contributed by atoms with Crippen LogP contribution in [0.3, 0.4) is 0 Å². The molecule has 0 radical (unpaired) electrons. The van der Waals surface area contributed by atoms with Crippen LogP contribution in [0.25, 0.3) is 0 Å². The molecule has 5 nitrogen and oxygen atoms in total. The number of nitrogens with zero attached hydrogens (tertiary/aromatic N) is 3. The minimum atomic E-state index is -0.467. The van der Waals surface area contributed by atoms with E-state index in [1.807, 2.05) is 6.92 Å². The fourth-order valence-corrected chi connectivity index (χ4v) is 0.979. The van der Waals surface area contributed by atoms with Gasteiger partial charge in [0, 0.05) is 20.6 Å². The maximum atomic E-state index is 13.2. The fraction of sp³-hybridized carbons (Fsp3) is 0.556. The van der Waals surface area contributed by atoms with Gasteiger partial charge in [0.05, 0.1) is 6.20 Å². The molecule has 84 valence electrons. The van der Waals surface area contributed by atoms with Crippen LogP contribution in [0.1, 0.15) is 13.3 Å². The van der Waals surface area contributed by atoms with E-state index in [0.29, 0.717) is 5.95 Å². The summed E-state index contributed by atoms with van der Waals surface area (Å²) >= 11 is 0. The molecule has 0 amide bonds. The zero-order valence-corrected chi connectivity index (χ0v) is 9.21. The van der Waals surface area contributed by atoms with Gasteiger partial charge in [0.25, 0.3) is 0 Å². The van der Waals surface area contributed by atoms with E-state index in [4.69, 9.17) is 0 Å². The highest BCUT2D eigenvalue weighted by Crippen LogP contribution is 2.11. The molecule has 0 saturated heterocycles. The van der Waals surface area contributed by atoms with Gasteiger partial charge in [0.1, 0.15) is 0 Å². The van der Waals surface area contributed by atoms with Crippen molar-refractivity contribution in [2.24, 2.45) is 0 Å². The highest BCUT2D eigenvalue weighted by Gasteiger charge is 2.06. The molecular weight excluding hydrogens is 197 g/mol. The Morgan fingerprint density at radius 1 is 1.47 bits per heavy atom. The Bertz CT molecular complexity index is 315. The number of hydrazine groups is 1. The summed E-state index contributed by atoms with van der Waals surface area (Å²) < 4.78 is 13.2. The molecule has 2 N–H and O–H groups in total. The Labute approximate surface area is 88.7 Å². The number of anilines is 2. The van der Waals surface area contributed by atoms with Crippen LogP contribution in [0.2, 0.25) is 0 Å². The molecule has 0 aliphatic carbocycles. The Kier molecular flexibility index (Phi) is 4.23.